The first-order valence-corrected chi connectivity index (χ1v) is 10.9. The summed E-state index contributed by atoms with van der Waals surface area (Å²) in [5.74, 6) is -2.35. The Morgan fingerprint density at radius 2 is 1.44 bits per heavy atom. The molecule has 0 radical (unpaired) electrons. The van der Waals surface area contributed by atoms with Crippen molar-refractivity contribution in [1.82, 2.24) is 15.7 Å². The van der Waals surface area contributed by atoms with Gasteiger partial charge in [-0.3, -0.25) is 14.4 Å². The van der Waals surface area contributed by atoms with Crippen molar-refractivity contribution in [1.29, 1.82) is 0 Å². The van der Waals surface area contributed by atoms with Gasteiger partial charge < -0.3 is 29.7 Å². The molecule has 2 N–H and O–H groups in total. The molecule has 1 aromatic rings. The predicted molar refractivity (Wildman–Crippen MR) is 116 cm³/mol. The van der Waals surface area contributed by atoms with Gasteiger partial charge in [-0.2, -0.15) is 0 Å². The minimum absolute atomic E-state index is 0.0123. The van der Waals surface area contributed by atoms with Crippen LogP contribution in [0.1, 0.15) is 31.2 Å². The Kier molecular flexibility index (Phi) is 12.1. The number of hydroxylamine groups is 2. The highest BCUT2D eigenvalue weighted by Gasteiger charge is 2.32. The van der Waals surface area contributed by atoms with Gasteiger partial charge in [-0.15, -0.1) is 5.06 Å². The van der Waals surface area contributed by atoms with Gasteiger partial charge in [-0.25, -0.2) is 9.59 Å². The highest BCUT2D eigenvalue weighted by Crippen LogP contribution is 2.12. The predicted octanol–water partition coefficient (Wildman–Crippen LogP) is 0.450. The van der Waals surface area contributed by atoms with Crippen molar-refractivity contribution in [2.75, 3.05) is 39.5 Å². The van der Waals surface area contributed by atoms with E-state index in [-0.39, 0.29) is 51.3 Å². The monoisotopic (exact) mass is 479 g/mol. The van der Waals surface area contributed by atoms with Crippen LogP contribution in [0.25, 0.3) is 0 Å². The maximum Gasteiger partial charge on any atom is 0.407 e. The standard InChI is InChI=1S/C22H29N3O9/c26-18(6-9-21(29)34-25-19(27)7-8-20(25)28)23-10-12-31-14-15-32-13-11-24-22(30)33-16-17-4-2-1-3-5-17/h1-5H,6-16H2,(H,23,26)(H,24,30). The molecule has 0 atom stereocenters. The van der Waals surface area contributed by atoms with Crippen LogP contribution >= 0.6 is 0 Å². The number of imide groups is 1. The topological polar surface area (TPSA) is 150 Å². The van der Waals surface area contributed by atoms with Gasteiger partial charge in [0.05, 0.1) is 32.8 Å². The first-order valence-electron chi connectivity index (χ1n) is 10.9. The van der Waals surface area contributed by atoms with E-state index in [1.54, 1.807) is 0 Å². The molecule has 12 nitrogen and oxygen atoms in total. The first kappa shape index (κ1) is 26.7. The van der Waals surface area contributed by atoms with Crippen molar-refractivity contribution < 1.29 is 43.0 Å². The van der Waals surface area contributed by atoms with Crippen LogP contribution in [0.3, 0.4) is 0 Å². The molecule has 0 unspecified atom stereocenters. The molecule has 0 bridgehead atoms. The number of alkyl carbamates (subject to hydrolysis) is 1. The fourth-order valence-electron chi connectivity index (χ4n) is 2.69. The molecule has 1 fully saturated rings. The Hall–Kier alpha value is -3.51. The molecule has 2 rings (SSSR count). The number of ether oxygens (including phenoxy) is 3. The Morgan fingerprint density at radius 3 is 2.09 bits per heavy atom. The van der Waals surface area contributed by atoms with Crippen LogP contribution in [0.4, 0.5) is 4.79 Å². The van der Waals surface area contributed by atoms with Crippen molar-refractivity contribution >= 4 is 29.8 Å². The summed E-state index contributed by atoms with van der Waals surface area (Å²) in [6, 6.07) is 9.34. The van der Waals surface area contributed by atoms with Crippen LogP contribution in [0.15, 0.2) is 30.3 Å². The van der Waals surface area contributed by atoms with Crippen molar-refractivity contribution in [3.05, 3.63) is 35.9 Å². The van der Waals surface area contributed by atoms with Crippen LogP contribution in [-0.2, 0) is 44.8 Å². The maximum absolute atomic E-state index is 11.7. The second kappa shape index (κ2) is 15.3. The third kappa shape index (κ3) is 10.9. The van der Waals surface area contributed by atoms with E-state index in [2.05, 4.69) is 15.5 Å². The van der Waals surface area contributed by atoms with E-state index in [4.69, 9.17) is 14.2 Å². The fraction of sp³-hybridized carbons (Fsp3) is 0.500. The SMILES string of the molecule is O=C(CCC(=O)ON1C(=O)CCC1=O)NCCOCCOCCNC(=O)OCc1ccccc1. The normalized spacial score (nSPS) is 13.0. The molecule has 0 aromatic heterocycles. The molecule has 34 heavy (non-hydrogen) atoms. The zero-order valence-electron chi connectivity index (χ0n) is 18.8. The number of hydrogen-bond donors (Lipinski definition) is 2. The maximum atomic E-state index is 11.7. The van der Waals surface area contributed by atoms with E-state index in [1.807, 2.05) is 30.3 Å². The molecule has 4 amide bonds. The molecule has 1 saturated heterocycles. The van der Waals surface area contributed by atoms with E-state index >= 15 is 0 Å². The van der Waals surface area contributed by atoms with E-state index in [1.165, 1.54) is 0 Å². The fourth-order valence-corrected chi connectivity index (χ4v) is 2.69. The molecule has 0 aliphatic carbocycles. The summed E-state index contributed by atoms with van der Waals surface area (Å²) in [5.41, 5.74) is 0.901. The number of carbonyl (C=O) groups is 5. The number of carbonyl (C=O) groups excluding carboxylic acids is 5. The van der Waals surface area contributed by atoms with Gasteiger partial charge in [0, 0.05) is 32.4 Å². The summed E-state index contributed by atoms with van der Waals surface area (Å²) in [7, 11) is 0. The summed E-state index contributed by atoms with van der Waals surface area (Å²) in [6.45, 7) is 1.90. The number of rotatable bonds is 15. The summed E-state index contributed by atoms with van der Waals surface area (Å²) in [5, 5.41) is 5.60. The second-order valence-electron chi connectivity index (χ2n) is 7.11. The summed E-state index contributed by atoms with van der Waals surface area (Å²) in [6.07, 6.45) is -0.896. The Labute approximate surface area is 196 Å². The number of nitrogens with zero attached hydrogens (tertiary/aromatic N) is 1. The van der Waals surface area contributed by atoms with Gasteiger partial charge in [0.1, 0.15) is 6.61 Å². The van der Waals surface area contributed by atoms with Gasteiger partial charge in [0.2, 0.25) is 5.91 Å². The van der Waals surface area contributed by atoms with Gasteiger partial charge in [-0.05, 0) is 5.56 Å². The van der Waals surface area contributed by atoms with Gasteiger partial charge in [0.25, 0.3) is 11.8 Å². The lowest BCUT2D eigenvalue weighted by atomic mass is 10.2. The number of nitrogens with one attached hydrogen (secondary N) is 2. The molecule has 186 valence electrons. The molecule has 1 heterocycles. The van der Waals surface area contributed by atoms with E-state index in [0.29, 0.717) is 31.4 Å². The molecular formula is C22H29N3O9. The van der Waals surface area contributed by atoms with E-state index in [9.17, 15) is 24.0 Å². The van der Waals surface area contributed by atoms with Crippen LogP contribution in [0.2, 0.25) is 0 Å². The zero-order chi connectivity index (χ0) is 24.6. The van der Waals surface area contributed by atoms with Crippen LogP contribution < -0.4 is 10.6 Å². The highest BCUT2D eigenvalue weighted by molar-refractivity contribution is 6.01. The molecule has 0 spiro atoms. The molecule has 12 heteroatoms. The van der Waals surface area contributed by atoms with Gasteiger partial charge in [0.15, 0.2) is 0 Å². The molecule has 0 saturated carbocycles. The lowest BCUT2D eigenvalue weighted by Crippen LogP contribution is -2.33. The lowest BCUT2D eigenvalue weighted by Gasteiger charge is -2.12. The smallest absolute Gasteiger partial charge is 0.407 e. The van der Waals surface area contributed by atoms with E-state index in [0.717, 1.165) is 5.56 Å². The third-order valence-electron chi connectivity index (χ3n) is 4.42. The average molecular weight is 479 g/mol. The highest BCUT2D eigenvalue weighted by atomic mass is 16.7. The zero-order valence-corrected chi connectivity index (χ0v) is 18.8. The Balaban J connectivity index is 1.36. The Bertz CT molecular complexity index is 816. The number of amides is 4. The second-order valence-corrected chi connectivity index (χ2v) is 7.11. The Morgan fingerprint density at radius 1 is 0.824 bits per heavy atom. The van der Waals surface area contributed by atoms with Crippen molar-refractivity contribution in [3.8, 4) is 0 Å². The van der Waals surface area contributed by atoms with Crippen LogP contribution in [0.5, 0.6) is 0 Å². The van der Waals surface area contributed by atoms with E-state index < -0.39 is 23.9 Å². The van der Waals surface area contributed by atoms with Crippen molar-refractivity contribution in [2.45, 2.75) is 32.3 Å². The lowest BCUT2D eigenvalue weighted by molar-refractivity contribution is -0.197. The van der Waals surface area contributed by atoms with Crippen LogP contribution in [-0.4, -0.2) is 74.4 Å². The van der Waals surface area contributed by atoms with Gasteiger partial charge >= 0.3 is 12.1 Å². The first-order chi connectivity index (χ1) is 16.5. The number of hydrogen-bond acceptors (Lipinski definition) is 9. The minimum atomic E-state index is -0.828. The number of benzene rings is 1. The molecule has 1 aliphatic heterocycles. The third-order valence-corrected chi connectivity index (χ3v) is 4.42. The van der Waals surface area contributed by atoms with Crippen molar-refractivity contribution in [2.24, 2.45) is 0 Å². The van der Waals surface area contributed by atoms with Crippen molar-refractivity contribution in [3.63, 3.8) is 0 Å². The summed E-state index contributed by atoms with van der Waals surface area (Å²) in [4.78, 5) is 62.3. The minimum Gasteiger partial charge on any atom is -0.445 e. The summed E-state index contributed by atoms with van der Waals surface area (Å²) >= 11 is 0. The molecule has 1 aliphatic rings. The van der Waals surface area contributed by atoms with Gasteiger partial charge in [-0.1, -0.05) is 30.3 Å². The largest absolute Gasteiger partial charge is 0.445 e. The quantitative estimate of drug-likeness (QED) is 0.270. The average Bonchev–Trinajstić information content (AvgIpc) is 3.15. The molecular weight excluding hydrogens is 450 g/mol. The summed E-state index contributed by atoms with van der Waals surface area (Å²) < 4.78 is 15.7. The van der Waals surface area contributed by atoms with Crippen LogP contribution in [0, 0.1) is 0 Å². The molecule has 1 aromatic carbocycles.